The summed E-state index contributed by atoms with van der Waals surface area (Å²) in [4.78, 5) is 3.89. The molecule has 1 unspecified atom stereocenters. The number of aliphatic hydroxyl groups is 1. The van der Waals surface area contributed by atoms with Crippen molar-refractivity contribution in [3.8, 4) is 17.0 Å². The normalized spacial score (nSPS) is 12.4. The van der Waals surface area contributed by atoms with Crippen molar-refractivity contribution in [2.45, 2.75) is 6.10 Å². The quantitative estimate of drug-likeness (QED) is 0.584. The number of nitrogens with zero attached hydrogens (tertiary/aromatic N) is 2. The van der Waals surface area contributed by atoms with Gasteiger partial charge in [0.05, 0.1) is 0 Å². The molecular weight excluding hydrogens is 331 g/mol. The first-order chi connectivity index (χ1) is 12.5. The van der Waals surface area contributed by atoms with E-state index in [1.54, 1.807) is 36.0 Å². The number of rotatable bonds is 3. The summed E-state index contributed by atoms with van der Waals surface area (Å²) in [5, 5.41) is 21.5. The first kappa shape index (κ1) is 16.3. The van der Waals surface area contributed by atoms with Crippen molar-refractivity contribution >= 4 is 10.9 Å². The van der Waals surface area contributed by atoms with Gasteiger partial charge in [-0.15, -0.1) is 0 Å². The van der Waals surface area contributed by atoms with Crippen LogP contribution >= 0.6 is 0 Å². The first-order valence-electron chi connectivity index (χ1n) is 8.21. The zero-order chi connectivity index (χ0) is 18.3. The van der Waals surface area contributed by atoms with Gasteiger partial charge in [-0.3, -0.25) is 0 Å². The molecule has 0 fully saturated rings. The Hall–Kier alpha value is -3.18. The third-order valence-corrected chi connectivity index (χ3v) is 4.60. The van der Waals surface area contributed by atoms with Crippen molar-refractivity contribution in [2.75, 3.05) is 0 Å². The highest BCUT2D eigenvalue weighted by Crippen LogP contribution is 2.33. The van der Waals surface area contributed by atoms with Gasteiger partial charge in [0.15, 0.2) is 0 Å². The van der Waals surface area contributed by atoms with Crippen LogP contribution in [-0.2, 0) is 7.05 Å². The molecule has 130 valence electrons. The molecule has 26 heavy (non-hydrogen) atoms. The van der Waals surface area contributed by atoms with Crippen LogP contribution in [0.4, 0.5) is 4.39 Å². The maximum absolute atomic E-state index is 13.1. The van der Waals surface area contributed by atoms with Crippen LogP contribution in [0, 0.1) is 5.82 Å². The Kier molecular flexibility index (Phi) is 3.93. The molecule has 4 rings (SSSR count). The minimum Gasteiger partial charge on any atom is -0.492 e. The Morgan fingerprint density at radius 3 is 2.23 bits per heavy atom. The lowest BCUT2D eigenvalue weighted by Crippen LogP contribution is -1.99. The largest absolute Gasteiger partial charge is 0.492 e. The Morgan fingerprint density at radius 2 is 1.58 bits per heavy atom. The molecule has 0 aliphatic heterocycles. The lowest BCUT2D eigenvalue weighted by molar-refractivity contribution is 0.221. The molecule has 0 aliphatic carbocycles. The van der Waals surface area contributed by atoms with E-state index in [0.29, 0.717) is 11.1 Å². The molecule has 2 aromatic heterocycles. The van der Waals surface area contributed by atoms with Crippen LogP contribution < -0.4 is 0 Å². The molecule has 0 saturated carbocycles. The fourth-order valence-electron chi connectivity index (χ4n) is 3.26. The predicted molar refractivity (Wildman–Crippen MR) is 98.3 cm³/mol. The fourth-order valence-corrected chi connectivity index (χ4v) is 3.26. The van der Waals surface area contributed by atoms with Gasteiger partial charge in [-0.25, -0.2) is 9.37 Å². The number of hydrogen-bond donors (Lipinski definition) is 2. The van der Waals surface area contributed by atoms with E-state index in [9.17, 15) is 14.6 Å². The second-order valence-corrected chi connectivity index (χ2v) is 6.26. The molecule has 4 nitrogen and oxygen atoms in total. The van der Waals surface area contributed by atoms with Crippen LogP contribution in [0.5, 0.6) is 5.88 Å². The molecule has 1 atom stereocenters. The van der Waals surface area contributed by atoms with Gasteiger partial charge in [-0.05, 0) is 34.9 Å². The average molecular weight is 348 g/mol. The van der Waals surface area contributed by atoms with Gasteiger partial charge in [0, 0.05) is 30.4 Å². The molecule has 2 aromatic carbocycles. The third kappa shape index (κ3) is 2.72. The van der Waals surface area contributed by atoms with Gasteiger partial charge < -0.3 is 14.8 Å². The molecule has 0 amide bonds. The van der Waals surface area contributed by atoms with Crippen LogP contribution in [0.1, 0.15) is 17.2 Å². The summed E-state index contributed by atoms with van der Waals surface area (Å²) in [6, 6.07) is 15.6. The van der Waals surface area contributed by atoms with Gasteiger partial charge in [-0.1, -0.05) is 36.4 Å². The third-order valence-electron chi connectivity index (χ3n) is 4.60. The van der Waals surface area contributed by atoms with Crippen molar-refractivity contribution in [1.29, 1.82) is 0 Å². The van der Waals surface area contributed by atoms with Gasteiger partial charge in [0.2, 0.25) is 5.88 Å². The van der Waals surface area contributed by atoms with Gasteiger partial charge in [-0.2, -0.15) is 0 Å². The van der Waals surface area contributed by atoms with Crippen LogP contribution in [0.15, 0.2) is 67.0 Å². The van der Waals surface area contributed by atoms with Crippen molar-refractivity contribution in [2.24, 2.45) is 7.05 Å². The van der Waals surface area contributed by atoms with Crippen LogP contribution in [-0.4, -0.2) is 19.8 Å². The molecule has 0 saturated heterocycles. The van der Waals surface area contributed by atoms with Crippen LogP contribution in [0.25, 0.3) is 22.0 Å². The summed E-state index contributed by atoms with van der Waals surface area (Å²) in [5.41, 5.74) is 3.88. The van der Waals surface area contributed by atoms with Crippen LogP contribution in [0.2, 0.25) is 0 Å². The highest BCUT2D eigenvalue weighted by atomic mass is 19.1. The van der Waals surface area contributed by atoms with E-state index in [0.717, 1.165) is 22.1 Å². The number of fused-ring (bicyclic) bond motifs is 1. The molecule has 2 N–H and O–H groups in total. The van der Waals surface area contributed by atoms with Crippen LogP contribution in [0.3, 0.4) is 0 Å². The molecule has 0 radical (unpaired) electrons. The van der Waals surface area contributed by atoms with E-state index in [2.05, 4.69) is 4.98 Å². The van der Waals surface area contributed by atoms with Crippen molar-refractivity contribution < 1.29 is 14.6 Å². The summed E-state index contributed by atoms with van der Waals surface area (Å²) in [7, 11) is 1.80. The second-order valence-electron chi connectivity index (χ2n) is 6.26. The smallest absolute Gasteiger partial charge is 0.236 e. The van der Waals surface area contributed by atoms with E-state index >= 15 is 0 Å². The van der Waals surface area contributed by atoms with E-state index in [-0.39, 0.29) is 11.7 Å². The van der Waals surface area contributed by atoms with Gasteiger partial charge in [0.1, 0.15) is 17.4 Å². The Bertz CT molecular complexity index is 1070. The first-order valence-corrected chi connectivity index (χ1v) is 8.21. The lowest BCUT2D eigenvalue weighted by atomic mass is 9.98. The standard InChI is InChI=1S/C21H17FN2O2/c1-24-12-18(17-10-11-23-21(26)19(17)24)20(25)15-4-2-13(3-5-15)14-6-8-16(22)9-7-14/h2-12,20,25H,1H3,(H,23,26). The summed E-state index contributed by atoms with van der Waals surface area (Å²) in [6.45, 7) is 0. The number of aromatic hydroxyl groups is 1. The Labute approximate surface area is 149 Å². The SMILES string of the molecule is Cn1cc(C(O)c2ccc(-c3ccc(F)cc3)cc2)c2ccnc(O)c21. The van der Waals surface area contributed by atoms with Gasteiger partial charge >= 0.3 is 0 Å². The van der Waals surface area contributed by atoms with E-state index < -0.39 is 6.10 Å². The summed E-state index contributed by atoms with van der Waals surface area (Å²) < 4.78 is 14.8. The van der Waals surface area contributed by atoms with Gasteiger partial charge in [0.25, 0.3) is 0 Å². The van der Waals surface area contributed by atoms with E-state index in [1.807, 2.05) is 24.3 Å². The minimum absolute atomic E-state index is 0.0601. The molecule has 0 spiro atoms. The molecule has 4 aromatic rings. The second kappa shape index (κ2) is 6.28. The fraction of sp³-hybridized carbons (Fsp3) is 0.0952. The predicted octanol–water partition coefficient (Wildman–Crippen LogP) is 4.17. The molecule has 5 heteroatoms. The Morgan fingerprint density at radius 1 is 0.962 bits per heavy atom. The zero-order valence-corrected chi connectivity index (χ0v) is 14.1. The van der Waals surface area contributed by atoms with Crippen molar-refractivity contribution in [3.63, 3.8) is 0 Å². The number of halogens is 1. The topological polar surface area (TPSA) is 58.3 Å². The average Bonchev–Trinajstić information content (AvgIpc) is 3.00. The van der Waals surface area contributed by atoms with E-state index in [1.165, 1.54) is 18.3 Å². The number of aliphatic hydroxyl groups excluding tert-OH is 1. The highest BCUT2D eigenvalue weighted by molar-refractivity contribution is 5.88. The summed E-state index contributed by atoms with van der Waals surface area (Å²) >= 11 is 0. The highest BCUT2D eigenvalue weighted by Gasteiger charge is 2.18. The summed E-state index contributed by atoms with van der Waals surface area (Å²) in [5.74, 6) is -0.329. The molecule has 0 aliphatic rings. The Balaban J connectivity index is 1.70. The maximum atomic E-state index is 13.1. The number of pyridine rings is 1. The lowest BCUT2D eigenvalue weighted by Gasteiger charge is -2.11. The minimum atomic E-state index is -0.831. The number of aryl methyl sites for hydroxylation is 1. The molecule has 0 bridgehead atoms. The maximum Gasteiger partial charge on any atom is 0.236 e. The van der Waals surface area contributed by atoms with Crippen molar-refractivity contribution in [3.05, 3.63) is 83.9 Å². The molecular formula is C21H17FN2O2. The zero-order valence-electron chi connectivity index (χ0n) is 14.1. The van der Waals surface area contributed by atoms with E-state index in [4.69, 9.17) is 0 Å². The monoisotopic (exact) mass is 348 g/mol. The van der Waals surface area contributed by atoms with Crippen molar-refractivity contribution in [1.82, 2.24) is 9.55 Å². The number of aromatic nitrogens is 2. The number of benzene rings is 2. The number of hydrogen-bond acceptors (Lipinski definition) is 3. The molecule has 2 heterocycles. The summed E-state index contributed by atoms with van der Waals surface area (Å²) in [6.07, 6.45) is 2.48.